The maximum Gasteiger partial charge on any atom is 0.255 e. The molecular formula is C24H22ClNO2. The molecule has 0 bridgehead atoms. The number of carbonyl (C=O) groups is 2. The van der Waals surface area contributed by atoms with Crippen LogP contribution in [0.2, 0.25) is 5.02 Å². The van der Waals surface area contributed by atoms with Gasteiger partial charge in [0.25, 0.3) is 5.91 Å². The van der Waals surface area contributed by atoms with Gasteiger partial charge in [-0.15, -0.1) is 0 Å². The Kier molecular flexibility index (Phi) is 5.66. The van der Waals surface area contributed by atoms with Crippen molar-refractivity contribution < 1.29 is 9.59 Å². The van der Waals surface area contributed by atoms with E-state index in [2.05, 4.69) is 26.1 Å². The molecule has 0 aliphatic rings. The van der Waals surface area contributed by atoms with Crippen molar-refractivity contribution in [2.24, 2.45) is 0 Å². The van der Waals surface area contributed by atoms with Crippen LogP contribution >= 0.6 is 11.6 Å². The first kappa shape index (κ1) is 19.8. The molecule has 0 saturated heterocycles. The van der Waals surface area contributed by atoms with Crippen LogP contribution in [0.1, 0.15) is 52.6 Å². The number of nitrogens with one attached hydrogen (secondary N) is 1. The highest BCUT2D eigenvalue weighted by molar-refractivity contribution is 6.30. The summed E-state index contributed by atoms with van der Waals surface area (Å²) in [5.41, 5.74) is 3.42. The van der Waals surface area contributed by atoms with E-state index >= 15 is 0 Å². The van der Waals surface area contributed by atoms with Crippen molar-refractivity contribution >= 4 is 29.0 Å². The standard InChI is InChI=1S/C24H22ClNO2/c1-24(2,3)19-11-7-16(8-12-19)22(27)18-5-4-6-21(15-18)26-23(28)17-9-13-20(25)14-10-17/h4-15H,1-3H3,(H,26,28). The summed E-state index contributed by atoms with van der Waals surface area (Å²) >= 11 is 5.86. The molecule has 3 rings (SSSR count). The van der Waals surface area contributed by atoms with Crippen molar-refractivity contribution in [2.45, 2.75) is 26.2 Å². The van der Waals surface area contributed by atoms with Crippen LogP contribution in [0.25, 0.3) is 0 Å². The lowest BCUT2D eigenvalue weighted by Gasteiger charge is -2.19. The molecule has 0 aliphatic carbocycles. The Morgan fingerprint density at radius 2 is 1.39 bits per heavy atom. The quantitative estimate of drug-likeness (QED) is 0.544. The maximum atomic E-state index is 12.8. The van der Waals surface area contributed by atoms with Gasteiger partial charge >= 0.3 is 0 Å². The zero-order valence-corrected chi connectivity index (χ0v) is 16.9. The van der Waals surface area contributed by atoms with Crippen LogP contribution in [-0.4, -0.2) is 11.7 Å². The molecule has 1 N–H and O–H groups in total. The number of benzene rings is 3. The number of hydrogen-bond acceptors (Lipinski definition) is 2. The zero-order chi connectivity index (χ0) is 20.3. The molecule has 142 valence electrons. The van der Waals surface area contributed by atoms with Gasteiger partial charge in [-0.1, -0.05) is 68.8 Å². The molecule has 4 heteroatoms. The van der Waals surface area contributed by atoms with Crippen LogP contribution in [0.3, 0.4) is 0 Å². The third-order valence-electron chi connectivity index (χ3n) is 4.50. The molecule has 0 atom stereocenters. The molecule has 3 nitrogen and oxygen atoms in total. The Labute approximate surface area is 170 Å². The summed E-state index contributed by atoms with van der Waals surface area (Å²) in [5.74, 6) is -0.334. The van der Waals surface area contributed by atoms with E-state index < -0.39 is 0 Å². The Bertz CT molecular complexity index is 1000. The normalized spacial score (nSPS) is 11.1. The van der Waals surface area contributed by atoms with Crippen molar-refractivity contribution in [3.05, 3.63) is 100 Å². The summed E-state index contributed by atoms with van der Waals surface area (Å²) in [5, 5.41) is 3.39. The lowest BCUT2D eigenvalue weighted by atomic mass is 9.86. The van der Waals surface area contributed by atoms with Gasteiger partial charge in [0.2, 0.25) is 0 Å². The van der Waals surface area contributed by atoms with Crippen LogP contribution in [0.4, 0.5) is 5.69 Å². The zero-order valence-electron chi connectivity index (χ0n) is 16.1. The summed E-state index contributed by atoms with van der Waals surface area (Å²) in [6, 6.07) is 21.3. The first-order chi connectivity index (χ1) is 13.2. The summed E-state index contributed by atoms with van der Waals surface area (Å²) in [7, 11) is 0. The number of ketones is 1. The number of hydrogen-bond donors (Lipinski definition) is 1. The van der Waals surface area contributed by atoms with Gasteiger partial charge in [0.15, 0.2) is 5.78 Å². The molecule has 3 aromatic rings. The van der Waals surface area contributed by atoms with E-state index in [1.165, 1.54) is 5.56 Å². The lowest BCUT2D eigenvalue weighted by molar-refractivity contribution is 0.102. The predicted molar refractivity (Wildman–Crippen MR) is 114 cm³/mol. The summed E-state index contributed by atoms with van der Waals surface area (Å²) in [6.45, 7) is 6.41. The van der Waals surface area contributed by atoms with Crippen molar-refractivity contribution in [1.29, 1.82) is 0 Å². The second kappa shape index (κ2) is 7.99. The Balaban J connectivity index is 1.78. The Morgan fingerprint density at radius 3 is 2.00 bits per heavy atom. The van der Waals surface area contributed by atoms with Crippen molar-refractivity contribution in [2.75, 3.05) is 5.32 Å². The van der Waals surface area contributed by atoms with E-state index in [0.717, 1.165) is 0 Å². The Morgan fingerprint density at radius 1 is 0.786 bits per heavy atom. The second-order valence-corrected chi connectivity index (χ2v) is 8.13. The molecule has 0 heterocycles. The van der Waals surface area contributed by atoms with Crippen LogP contribution in [-0.2, 0) is 5.41 Å². The number of anilines is 1. The van der Waals surface area contributed by atoms with Crippen LogP contribution < -0.4 is 5.32 Å². The van der Waals surface area contributed by atoms with Gasteiger partial charge in [0, 0.05) is 27.4 Å². The van der Waals surface area contributed by atoms with Crippen molar-refractivity contribution in [1.82, 2.24) is 0 Å². The summed E-state index contributed by atoms with van der Waals surface area (Å²) in [6.07, 6.45) is 0. The van der Waals surface area contributed by atoms with Gasteiger partial charge in [-0.05, 0) is 47.4 Å². The van der Waals surface area contributed by atoms with E-state index in [4.69, 9.17) is 11.6 Å². The van der Waals surface area contributed by atoms with Gasteiger partial charge in [-0.25, -0.2) is 0 Å². The minimum absolute atomic E-state index is 0.0352. The molecule has 0 spiro atoms. The summed E-state index contributed by atoms with van der Waals surface area (Å²) in [4.78, 5) is 25.2. The maximum absolute atomic E-state index is 12.8. The summed E-state index contributed by atoms with van der Waals surface area (Å²) < 4.78 is 0. The monoisotopic (exact) mass is 391 g/mol. The lowest BCUT2D eigenvalue weighted by Crippen LogP contribution is -2.13. The first-order valence-electron chi connectivity index (χ1n) is 9.06. The molecular weight excluding hydrogens is 370 g/mol. The van der Waals surface area contributed by atoms with E-state index in [-0.39, 0.29) is 17.1 Å². The molecule has 0 saturated carbocycles. The molecule has 0 aliphatic heterocycles. The second-order valence-electron chi connectivity index (χ2n) is 7.70. The number of carbonyl (C=O) groups excluding carboxylic acids is 2. The fraction of sp³-hybridized carbons (Fsp3) is 0.167. The Hall–Kier alpha value is -2.91. The predicted octanol–water partition coefficient (Wildman–Crippen LogP) is 6.12. The average Bonchev–Trinajstić information content (AvgIpc) is 2.67. The van der Waals surface area contributed by atoms with E-state index in [1.54, 1.807) is 48.5 Å². The van der Waals surface area contributed by atoms with Crippen molar-refractivity contribution in [3.63, 3.8) is 0 Å². The number of halogens is 1. The first-order valence-corrected chi connectivity index (χ1v) is 9.44. The minimum Gasteiger partial charge on any atom is -0.322 e. The highest BCUT2D eigenvalue weighted by Crippen LogP contribution is 2.23. The molecule has 0 radical (unpaired) electrons. The van der Waals surface area contributed by atoms with Gasteiger partial charge < -0.3 is 5.32 Å². The van der Waals surface area contributed by atoms with E-state index in [1.807, 2.05) is 24.3 Å². The van der Waals surface area contributed by atoms with Gasteiger partial charge in [0.05, 0.1) is 0 Å². The molecule has 1 amide bonds. The molecule has 0 fully saturated rings. The molecule has 0 unspecified atom stereocenters. The minimum atomic E-state index is -0.254. The fourth-order valence-corrected chi connectivity index (χ4v) is 2.96. The highest BCUT2D eigenvalue weighted by atomic mass is 35.5. The van der Waals surface area contributed by atoms with Crippen molar-refractivity contribution in [3.8, 4) is 0 Å². The van der Waals surface area contributed by atoms with E-state index in [9.17, 15) is 9.59 Å². The largest absolute Gasteiger partial charge is 0.322 e. The number of amides is 1. The van der Waals surface area contributed by atoms with E-state index in [0.29, 0.717) is 27.4 Å². The van der Waals surface area contributed by atoms with Gasteiger partial charge in [-0.2, -0.15) is 0 Å². The topological polar surface area (TPSA) is 46.2 Å². The van der Waals surface area contributed by atoms with Crippen LogP contribution in [0.15, 0.2) is 72.8 Å². The smallest absolute Gasteiger partial charge is 0.255 e. The number of rotatable bonds is 4. The van der Waals surface area contributed by atoms with Crippen LogP contribution in [0, 0.1) is 0 Å². The third kappa shape index (κ3) is 4.68. The molecule has 28 heavy (non-hydrogen) atoms. The molecule has 3 aromatic carbocycles. The third-order valence-corrected chi connectivity index (χ3v) is 4.75. The highest BCUT2D eigenvalue weighted by Gasteiger charge is 2.15. The fourth-order valence-electron chi connectivity index (χ4n) is 2.83. The van der Waals surface area contributed by atoms with Crippen LogP contribution in [0.5, 0.6) is 0 Å². The average molecular weight is 392 g/mol. The van der Waals surface area contributed by atoms with Gasteiger partial charge in [0.1, 0.15) is 0 Å². The molecule has 0 aromatic heterocycles. The SMILES string of the molecule is CC(C)(C)c1ccc(C(=O)c2cccc(NC(=O)c3ccc(Cl)cc3)c2)cc1. The van der Waals surface area contributed by atoms with Gasteiger partial charge in [-0.3, -0.25) is 9.59 Å².